The number of likely N-dealkylation sites (tertiary alicyclic amines) is 1. The molecule has 2 saturated heterocycles. The van der Waals surface area contributed by atoms with Gasteiger partial charge >= 0.3 is 0 Å². The summed E-state index contributed by atoms with van der Waals surface area (Å²) in [6.45, 7) is 5.39. The van der Waals surface area contributed by atoms with Gasteiger partial charge in [-0.05, 0) is 63.6 Å². The standard InChI is InChI=1S/C23H32N6S/c1-27-12-14-28(15-13-27)21-16-18(25-23(26-21)30-2)19-9-5-11-29(19)20-8-3-6-17-7-4-10-24-22(17)20/h4,7,10,16,19-20H,3,5-6,8-9,11-15H2,1-2H3/t19-,20-/m1/s1. The Kier molecular flexibility index (Phi) is 5.94. The van der Waals surface area contributed by atoms with Crippen molar-refractivity contribution in [2.45, 2.75) is 49.3 Å². The Bertz CT molecular complexity index is 882. The second-order valence-electron chi connectivity index (χ2n) is 8.78. The summed E-state index contributed by atoms with van der Waals surface area (Å²) in [5, 5.41) is 0.899. The molecule has 2 aromatic heterocycles. The van der Waals surface area contributed by atoms with E-state index in [1.54, 1.807) is 11.8 Å². The van der Waals surface area contributed by atoms with Gasteiger partial charge in [-0.15, -0.1) is 0 Å². The number of rotatable bonds is 4. The fourth-order valence-electron chi connectivity index (χ4n) is 5.28. The number of aromatic nitrogens is 3. The van der Waals surface area contributed by atoms with Crippen LogP contribution in [0.1, 0.15) is 54.7 Å². The fraction of sp³-hybridized carbons (Fsp3) is 0.609. The van der Waals surface area contributed by atoms with E-state index in [4.69, 9.17) is 15.0 Å². The SMILES string of the molecule is CSc1nc([C@H]2CCCN2[C@@H]2CCCc3cccnc32)cc(N2CCN(C)CC2)n1. The van der Waals surface area contributed by atoms with Crippen LogP contribution in [0.15, 0.2) is 29.6 Å². The number of piperazine rings is 1. The van der Waals surface area contributed by atoms with Crippen LogP contribution in [0.4, 0.5) is 5.82 Å². The minimum Gasteiger partial charge on any atom is -0.354 e. The van der Waals surface area contributed by atoms with Gasteiger partial charge in [0.2, 0.25) is 0 Å². The van der Waals surface area contributed by atoms with Crippen molar-refractivity contribution >= 4 is 17.6 Å². The second kappa shape index (κ2) is 8.81. The average Bonchev–Trinajstić information content (AvgIpc) is 3.28. The first-order chi connectivity index (χ1) is 14.7. The zero-order valence-corrected chi connectivity index (χ0v) is 18.9. The molecule has 6 nitrogen and oxygen atoms in total. The molecule has 2 aromatic rings. The van der Waals surface area contributed by atoms with E-state index in [1.807, 2.05) is 6.20 Å². The molecule has 0 radical (unpaired) electrons. The molecule has 4 heterocycles. The van der Waals surface area contributed by atoms with E-state index in [2.05, 4.69) is 46.2 Å². The van der Waals surface area contributed by atoms with Crippen molar-refractivity contribution in [3.8, 4) is 0 Å². The number of likely N-dealkylation sites (N-methyl/N-ethyl adjacent to an activating group) is 1. The highest BCUT2D eigenvalue weighted by molar-refractivity contribution is 7.98. The molecule has 0 saturated carbocycles. The van der Waals surface area contributed by atoms with Gasteiger partial charge in [0, 0.05) is 38.4 Å². The lowest BCUT2D eigenvalue weighted by atomic mass is 9.90. The van der Waals surface area contributed by atoms with Crippen LogP contribution in [0.3, 0.4) is 0 Å². The molecule has 0 spiro atoms. The lowest BCUT2D eigenvalue weighted by Crippen LogP contribution is -2.45. The predicted octanol–water partition coefficient (Wildman–Crippen LogP) is 3.56. The van der Waals surface area contributed by atoms with Crippen molar-refractivity contribution in [1.29, 1.82) is 0 Å². The average molecular weight is 425 g/mol. The summed E-state index contributed by atoms with van der Waals surface area (Å²) in [5.74, 6) is 1.10. The summed E-state index contributed by atoms with van der Waals surface area (Å²) >= 11 is 1.66. The highest BCUT2D eigenvalue weighted by atomic mass is 32.2. The van der Waals surface area contributed by atoms with Gasteiger partial charge in [0.25, 0.3) is 0 Å². The molecule has 160 valence electrons. The molecular formula is C23H32N6S. The summed E-state index contributed by atoms with van der Waals surface area (Å²) < 4.78 is 0. The molecule has 0 unspecified atom stereocenters. The van der Waals surface area contributed by atoms with E-state index < -0.39 is 0 Å². The number of hydrogen-bond donors (Lipinski definition) is 0. The minimum atomic E-state index is 0.364. The summed E-state index contributed by atoms with van der Waals surface area (Å²) in [5.41, 5.74) is 3.93. The van der Waals surface area contributed by atoms with Crippen molar-refractivity contribution in [2.24, 2.45) is 0 Å². The third kappa shape index (κ3) is 3.95. The Hall–Kier alpha value is -1.70. The second-order valence-corrected chi connectivity index (χ2v) is 9.55. The first-order valence-corrected chi connectivity index (χ1v) is 12.5. The Morgan fingerprint density at radius 1 is 1.00 bits per heavy atom. The molecule has 2 aliphatic heterocycles. The highest BCUT2D eigenvalue weighted by Gasteiger charge is 2.36. The number of thioether (sulfide) groups is 1. The van der Waals surface area contributed by atoms with Gasteiger partial charge in [0.05, 0.1) is 23.5 Å². The van der Waals surface area contributed by atoms with E-state index in [1.165, 1.54) is 42.6 Å². The molecule has 2 atom stereocenters. The Morgan fingerprint density at radius 3 is 2.67 bits per heavy atom. The smallest absolute Gasteiger partial charge is 0.189 e. The quantitative estimate of drug-likeness (QED) is 0.549. The monoisotopic (exact) mass is 424 g/mol. The maximum atomic E-state index is 5.00. The molecule has 0 amide bonds. The predicted molar refractivity (Wildman–Crippen MR) is 122 cm³/mol. The zero-order chi connectivity index (χ0) is 20.5. The lowest BCUT2D eigenvalue weighted by Gasteiger charge is -2.36. The molecule has 5 rings (SSSR count). The molecule has 0 aromatic carbocycles. The first kappa shape index (κ1) is 20.2. The van der Waals surface area contributed by atoms with Gasteiger partial charge in [0.15, 0.2) is 5.16 Å². The number of hydrogen-bond acceptors (Lipinski definition) is 7. The molecule has 30 heavy (non-hydrogen) atoms. The molecular weight excluding hydrogens is 392 g/mol. The van der Waals surface area contributed by atoms with Crippen LogP contribution in [0.25, 0.3) is 0 Å². The number of pyridine rings is 1. The highest BCUT2D eigenvalue weighted by Crippen LogP contribution is 2.43. The minimum absolute atomic E-state index is 0.364. The van der Waals surface area contributed by atoms with E-state index in [-0.39, 0.29) is 0 Å². The van der Waals surface area contributed by atoms with Crippen LogP contribution < -0.4 is 4.90 Å². The topological polar surface area (TPSA) is 48.4 Å². The summed E-state index contributed by atoms with van der Waals surface area (Å²) in [6, 6.07) is 7.41. The molecule has 0 N–H and O–H groups in total. The van der Waals surface area contributed by atoms with Crippen molar-refractivity contribution < 1.29 is 0 Å². The van der Waals surface area contributed by atoms with Gasteiger partial charge in [-0.25, -0.2) is 9.97 Å². The largest absolute Gasteiger partial charge is 0.354 e. The Balaban J connectivity index is 1.45. The van der Waals surface area contributed by atoms with E-state index >= 15 is 0 Å². The summed E-state index contributed by atoms with van der Waals surface area (Å²) in [6.07, 6.45) is 10.1. The van der Waals surface area contributed by atoms with Crippen molar-refractivity contribution in [2.75, 3.05) is 50.9 Å². The van der Waals surface area contributed by atoms with Crippen LogP contribution in [0.5, 0.6) is 0 Å². The molecule has 7 heteroatoms. The van der Waals surface area contributed by atoms with Crippen LogP contribution in [-0.4, -0.2) is 70.8 Å². The fourth-order valence-corrected chi connectivity index (χ4v) is 5.66. The number of fused-ring (bicyclic) bond motifs is 1. The molecule has 2 fully saturated rings. The van der Waals surface area contributed by atoms with E-state index in [0.717, 1.165) is 50.1 Å². The molecule has 3 aliphatic rings. The summed E-state index contributed by atoms with van der Waals surface area (Å²) in [4.78, 5) is 22.2. The van der Waals surface area contributed by atoms with Gasteiger partial charge in [-0.3, -0.25) is 9.88 Å². The third-order valence-corrected chi connectivity index (χ3v) is 7.47. The van der Waals surface area contributed by atoms with Gasteiger partial charge in [-0.1, -0.05) is 17.8 Å². The molecule has 0 bridgehead atoms. The van der Waals surface area contributed by atoms with Crippen LogP contribution in [-0.2, 0) is 6.42 Å². The first-order valence-electron chi connectivity index (χ1n) is 11.3. The normalized spacial score (nSPS) is 25.5. The maximum absolute atomic E-state index is 5.00. The number of aryl methyl sites for hydroxylation is 1. The van der Waals surface area contributed by atoms with Gasteiger partial charge < -0.3 is 9.80 Å². The van der Waals surface area contributed by atoms with Crippen LogP contribution >= 0.6 is 11.8 Å². The van der Waals surface area contributed by atoms with Crippen LogP contribution in [0.2, 0.25) is 0 Å². The van der Waals surface area contributed by atoms with Crippen molar-refractivity contribution in [1.82, 2.24) is 24.8 Å². The van der Waals surface area contributed by atoms with Crippen molar-refractivity contribution in [3.05, 3.63) is 41.3 Å². The summed E-state index contributed by atoms with van der Waals surface area (Å²) in [7, 11) is 2.20. The maximum Gasteiger partial charge on any atom is 0.189 e. The third-order valence-electron chi connectivity index (χ3n) is 6.92. The Morgan fingerprint density at radius 2 is 1.83 bits per heavy atom. The Labute approximate surface area is 184 Å². The van der Waals surface area contributed by atoms with E-state index in [9.17, 15) is 0 Å². The zero-order valence-electron chi connectivity index (χ0n) is 18.1. The molecule has 1 aliphatic carbocycles. The van der Waals surface area contributed by atoms with E-state index in [0.29, 0.717) is 12.1 Å². The van der Waals surface area contributed by atoms with Gasteiger partial charge in [-0.2, -0.15) is 0 Å². The number of nitrogens with zero attached hydrogens (tertiary/aromatic N) is 6. The lowest BCUT2D eigenvalue weighted by molar-refractivity contribution is 0.156. The van der Waals surface area contributed by atoms with Gasteiger partial charge in [0.1, 0.15) is 5.82 Å². The number of anilines is 1. The van der Waals surface area contributed by atoms with Crippen molar-refractivity contribution in [3.63, 3.8) is 0 Å². The van der Waals surface area contributed by atoms with Crippen LogP contribution in [0, 0.1) is 0 Å².